The summed E-state index contributed by atoms with van der Waals surface area (Å²) in [5.41, 5.74) is 4.26. The van der Waals surface area contributed by atoms with E-state index < -0.39 is 4.92 Å². The van der Waals surface area contributed by atoms with Gasteiger partial charge in [0, 0.05) is 29.9 Å². The van der Waals surface area contributed by atoms with Gasteiger partial charge in [-0.25, -0.2) is 9.97 Å². The minimum atomic E-state index is -0.404. The summed E-state index contributed by atoms with van der Waals surface area (Å²) < 4.78 is 0. The van der Waals surface area contributed by atoms with Gasteiger partial charge in [-0.05, 0) is 37.1 Å². The van der Waals surface area contributed by atoms with Crippen molar-refractivity contribution in [3.05, 3.63) is 51.3 Å². The van der Waals surface area contributed by atoms with E-state index >= 15 is 0 Å². The first-order valence-electron chi connectivity index (χ1n) is 7.03. The number of nitro groups is 1. The Bertz CT molecular complexity index is 666. The highest BCUT2D eigenvalue weighted by Crippen LogP contribution is 2.23. The van der Waals surface area contributed by atoms with Gasteiger partial charge in [-0.15, -0.1) is 0 Å². The van der Waals surface area contributed by atoms with Crippen LogP contribution in [0, 0.1) is 10.1 Å². The van der Waals surface area contributed by atoms with Crippen molar-refractivity contribution < 1.29 is 4.92 Å². The van der Waals surface area contributed by atoms with Crippen LogP contribution in [0.3, 0.4) is 0 Å². The molecule has 0 radical (unpaired) electrons. The maximum atomic E-state index is 10.7. The fourth-order valence-electron chi connectivity index (χ4n) is 2.59. The van der Waals surface area contributed by atoms with Crippen LogP contribution in [0.1, 0.15) is 23.9 Å². The number of rotatable bonds is 3. The zero-order chi connectivity index (χ0) is 14.8. The molecule has 1 aromatic heterocycles. The monoisotopic (exact) mass is 284 g/mol. The third-order valence-corrected chi connectivity index (χ3v) is 3.69. The predicted octanol–water partition coefficient (Wildman–Crippen LogP) is 2.26. The summed E-state index contributed by atoms with van der Waals surface area (Å²) in [6.07, 6.45) is 1.82. The van der Waals surface area contributed by atoms with Crippen molar-refractivity contribution in [3.8, 4) is 11.4 Å². The molecule has 0 amide bonds. The number of benzene rings is 1. The minimum absolute atomic E-state index is 0.0779. The Balaban J connectivity index is 2.03. The maximum Gasteiger partial charge on any atom is 0.269 e. The maximum absolute atomic E-state index is 10.7. The van der Waals surface area contributed by atoms with Crippen molar-refractivity contribution in [2.75, 3.05) is 6.54 Å². The molecule has 0 fully saturated rings. The quantitative estimate of drug-likeness (QED) is 0.690. The zero-order valence-corrected chi connectivity index (χ0v) is 11.8. The Kier molecular flexibility index (Phi) is 3.62. The molecule has 0 spiro atoms. The first-order chi connectivity index (χ1) is 10.2. The first kappa shape index (κ1) is 13.6. The van der Waals surface area contributed by atoms with Gasteiger partial charge in [-0.2, -0.15) is 0 Å². The van der Waals surface area contributed by atoms with E-state index in [-0.39, 0.29) is 5.69 Å². The van der Waals surface area contributed by atoms with E-state index in [0.29, 0.717) is 5.82 Å². The lowest BCUT2D eigenvalue weighted by Crippen LogP contribution is -2.26. The van der Waals surface area contributed by atoms with Gasteiger partial charge in [0.1, 0.15) is 0 Å². The van der Waals surface area contributed by atoms with Gasteiger partial charge in [-0.3, -0.25) is 10.1 Å². The number of non-ortho nitro benzene ring substituents is 1. The van der Waals surface area contributed by atoms with E-state index in [9.17, 15) is 10.1 Å². The predicted molar refractivity (Wildman–Crippen MR) is 78.9 cm³/mol. The second kappa shape index (κ2) is 5.57. The average Bonchev–Trinajstić information content (AvgIpc) is 2.53. The molecule has 1 aromatic carbocycles. The lowest BCUT2D eigenvalue weighted by Gasteiger charge is -2.19. The minimum Gasteiger partial charge on any atom is -0.311 e. The number of fused-ring (bicyclic) bond motifs is 1. The molecule has 0 atom stereocenters. The Hall–Kier alpha value is -2.34. The molecule has 0 aliphatic carbocycles. The zero-order valence-electron chi connectivity index (χ0n) is 11.8. The molecule has 6 heteroatoms. The van der Waals surface area contributed by atoms with Crippen LogP contribution in [0.15, 0.2) is 24.3 Å². The number of nitro benzene ring substituents is 1. The summed E-state index contributed by atoms with van der Waals surface area (Å²) in [5, 5.41) is 14.0. The van der Waals surface area contributed by atoms with Crippen LogP contribution in [0.4, 0.5) is 5.69 Å². The third kappa shape index (κ3) is 2.62. The van der Waals surface area contributed by atoms with Crippen molar-refractivity contribution in [1.82, 2.24) is 15.3 Å². The topological polar surface area (TPSA) is 81.0 Å². The molecule has 0 saturated carbocycles. The largest absolute Gasteiger partial charge is 0.311 e. The molecule has 2 heterocycles. The summed E-state index contributed by atoms with van der Waals surface area (Å²) in [4.78, 5) is 19.6. The number of hydrogen-bond acceptors (Lipinski definition) is 5. The Labute approximate surface area is 122 Å². The average molecular weight is 284 g/mol. The normalized spacial score (nSPS) is 13.8. The van der Waals surface area contributed by atoms with Gasteiger partial charge in [0.15, 0.2) is 5.82 Å². The van der Waals surface area contributed by atoms with Gasteiger partial charge >= 0.3 is 0 Å². The summed E-state index contributed by atoms with van der Waals surface area (Å²) >= 11 is 0. The number of nitrogens with one attached hydrogen (secondary N) is 1. The Morgan fingerprint density at radius 1 is 1.29 bits per heavy atom. The van der Waals surface area contributed by atoms with Crippen molar-refractivity contribution in [1.29, 1.82) is 0 Å². The molecule has 6 nitrogen and oxygen atoms in total. The molecular weight excluding hydrogens is 268 g/mol. The SMILES string of the molecule is CCc1nc(-c2ccc([N+](=O)[O-])cc2)nc2c1CCNC2. The van der Waals surface area contributed by atoms with Crippen LogP contribution >= 0.6 is 0 Å². The molecule has 0 unspecified atom stereocenters. The third-order valence-electron chi connectivity index (χ3n) is 3.69. The lowest BCUT2D eigenvalue weighted by molar-refractivity contribution is -0.384. The number of nitrogens with zero attached hydrogens (tertiary/aromatic N) is 3. The van der Waals surface area contributed by atoms with E-state index in [4.69, 9.17) is 0 Å². The highest BCUT2D eigenvalue weighted by atomic mass is 16.6. The number of hydrogen-bond donors (Lipinski definition) is 1. The van der Waals surface area contributed by atoms with E-state index in [1.807, 2.05) is 0 Å². The second-order valence-corrected chi connectivity index (χ2v) is 5.00. The van der Waals surface area contributed by atoms with Crippen molar-refractivity contribution in [2.45, 2.75) is 26.3 Å². The summed E-state index contributed by atoms with van der Waals surface area (Å²) in [7, 11) is 0. The standard InChI is InChI=1S/C15H16N4O2/c1-2-13-12-7-8-16-9-14(12)18-15(17-13)10-3-5-11(6-4-10)19(20)21/h3-6,16H,2,7-9H2,1H3. The van der Waals surface area contributed by atoms with E-state index in [0.717, 1.165) is 42.9 Å². The number of aryl methyl sites for hydroxylation is 1. The van der Waals surface area contributed by atoms with E-state index in [2.05, 4.69) is 22.2 Å². The molecule has 0 saturated heterocycles. The van der Waals surface area contributed by atoms with Gasteiger partial charge in [0.2, 0.25) is 0 Å². The van der Waals surface area contributed by atoms with Crippen molar-refractivity contribution in [2.24, 2.45) is 0 Å². The molecule has 1 aliphatic rings. The van der Waals surface area contributed by atoms with Crippen LogP contribution in [0.2, 0.25) is 0 Å². The molecular formula is C15H16N4O2. The molecule has 1 N–H and O–H groups in total. The lowest BCUT2D eigenvalue weighted by atomic mass is 10.0. The molecule has 0 bridgehead atoms. The van der Waals surface area contributed by atoms with Crippen molar-refractivity contribution in [3.63, 3.8) is 0 Å². The smallest absolute Gasteiger partial charge is 0.269 e. The Morgan fingerprint density at radius 3 is 2.71 bits per heavy atom. The fourth-order valence-corrected chi connectivity index (χ4v) is 2.59. The van der Waals surface area contributed by atoms with E-state index in [1.54, 1.807) is 12.1 Å². The van der Waals surface area contributed by atoms with Gasteiger partial charge in [0.05, 0.1) is 10.6 Å². The van der Waals surface area contributed by atoms with Crippen LogP contribution in [0.25, 0.3) is 11.4 Å². The van der Waals surface area contributed by atoms with Crippen molar-refractivity contribution >= 4 is 5.69 Å². The summed E-state index contributed by atoms with van der Waals surface area (Å²) in [6, 6.07) is 6.38. The molecule has 3 rings (SSSR count). The highest BCUT2D eigenvalue weighted by Gasteiger charge is 2.17. The molecule has 2 aromatic rings. The summed E-state index contributed by atoms with van der Waals surface area (Å²) in [5.74, 6) is 0.643. The second-order valence-electron chi connectivity index (χ2n) is 5.00. The first-order valence-corrected chi connectivity index (χ1v) is 7.03. The van der Waals surface area contributed by atoms with Gasteiger partial charge in [-0.1, -0.05) is 6.92 Å². The van der Waals surface area contributed by atoms with Gasteiger partial charge in [0.25, 0.3) is 5.69 Å². The molecule has 108 valence electrons. The molecule has 1 aliphatic heterocycles. The highest BCUT2D eigenvalue weighted by molar-refractivity contribution is 5.58. The van der Waals surface area contributed by atoms with Crippen LogP contribution < -0.4 is 5.32 Å². The van der Waals surface area contributed by atoms with Crippen LogP contribution in [-0.4, -0.2) is 21.4 Å². The van der Waals surface area contributed by atoms with Crippen LogP contribution in [-0.2, 0) is 19.4 Å². The van der Waals surface area contributed by atoms with E-state index in [1.165, 1.54) is 17.7 Å². The number of aromatic nitrogens is 2. The van der Waals surface area contributed by atoms with Crippen LogP contribution in [0.5, 0.6) is 0 Å². The molecule has 21 heavy (non-hydrogen) atoms. The summed E-state index contributed by atoms with van der Waals surface area (Å²) in [6.45, 7) is 3.80. The Morgan fingerprint density at radius 2 is 2.05 bits per heavy atom. The fraction of sp³-hybridized carbons (Fsp3) is 0.333. The van der Waals surface area contributed by atoms with Gasteiger partial charge < -0.3 is 5.32 Å².